The Bertz CT molecular complexity index is 654. The Labute approximate surface area is 131 Å². The second kappa shape index (κ2) is 6.66. The van der Waals surface area contributed by atoms with Gasteiger partial charge in [0, 0.05) is 19.6 Å². The molecule has 0 atom stereocenters. The van der Waals surface area contributed by atoms with E-state index in [-0.39, 0.29) is 4.90 Å². The lowest BCUT2D eigenvalue weighted by molar-refractivity contribution is 0.178. The van der Waals surface area contributed by atoms with Gasteiger partial charge in [-0.15, -0.1) is 0 Å². The van der Waals surface area contributed by atoms with Gasteiger partial charge in [-0.1, -0.05) is 13.8 Å². The van der Waals surface area contributed by atoms with Crippen molar-refractivity contribution in [3.8, 4) is 0 Å². The first-order chi connectivity index (χ1) is 10.5. The van der Waals surface area contributed by atoms with Gasteiger partial charge in [-0.2, -0.15) is 4.31 Å². The van der Waals surface area contributed by atoms with Gasteiger partial charge in [0.15, 0.2) is 0 Å². The zero-order valence-electron chi connectivity index (χ0n) is 13.2. The number of carbonyl (C=O) groups is 1. The van der Waals surface area contributed by atoms with Crippen molar-refractivity contribution in [2.45, 2.75) is 31.6 Å². The summed E-state index contributed by atoms with van der Waals surface area (Å²) in [5.41, 5.74) is 1.60. The standard InChI is InChI=1S/C15H22N2O4S/c1-4-16(5-2)22(19,20)13-8-9-14-12(11-13)7-6-10-17(14)15(18)21-3/h8-9,11H,4-7,10H2,1-3H3. The Morgan fingerprint density at radius 2 is 2.00 bits per heavy atom. The van der Waals surface area contributed by atoms with Crippen LogP contribution in [0.2, 0.25) is 0 Å². The average Bonchev–Trinajstić information content (AvgIpc) is 2.53. The third kappa shape index (κ3) is 2.96. The molecule has 1 aliphatic heterocycles. The van der Waals surface area contributed by atoms with Gasteiger partial charge in [0.25, 0.3) is 0 Å². The van der Waals surface area contributed by atoms with E-state index in [0.717, 1.165) is 24.1 Å². The molecule has 1 amide bonds. The highest BCUT2D eigenvalue weighted by molar-refractivity contribution is 7.89. The van der Waals surface area contributed by atoms with Crippen LogP contribution in [0.1, 0.15) is 25.8 Å². The number of ether oxygens (including phenoxy) is 1. The number of hydrogen-bond acceptors (Lipinski definition) is 4. The molecule has 0 N–H and O–H groups in total. The molecule has 0 saturated carbocycles. The zero-order chi connectivity index (χ0) is 16.3. The van der Waals surface area contributed by atoms with Crippen molar-refractivity contribution in [3.05, 3.63) is 23.8 Å². The van der Waals surface area contributed by atoms with Crippen LogP contribution >= 0.6 is 0 Å². The molecular weight excluding hydrogens is 304 g/mol. The number of carbonyl (C=O) groups excluding carboxylic acids is 1. The number of rotatable bonds is 4. The van der Waals surface area contributed by atoms with Crippen molar-refractivity contribution in [1.82, 2.24) is 4.31 Å². The number of aryl methyl sites for hydroxylation is 1. The van der Waals surface area contributed by atoms with Gasteiger partial charge in [-0.05, 0) is 36.6 Å². The first-order valence-electron chi connectivity index (χ1n) is 7.44. The molecule has 1 heterocycles. The summed E-state index contributed by atoms with van der Waals surface area (Å²) >= 11 is 0. The van der Waals surface area contributed by atoms with Gasteiger partial charge in [0.1, 0.15) is 0 Å². The van der Waals surface area contributed by atoms with E-state index in [1.807, 2.05) is 13.8 Å². The normalized spacial score (nSPS) is 14.8. The quantitative estimate of drug-likeness (QED) is 0.851. The maximum absolute atomic E-state index is 12.6. The molecule has 122 valence electrons. The monoisotopic (exact) mass is 326 g/mol. The predicted molar refractivity (Wildman–Crippen MR) is 84.6 cm³/mol. The van der Waals surface area contributed by atoms with Gasteiger partial charge < -0.3 is 4.74 Å². The summed E-state index contributed by atoms with van der Waals surface area (Å²) < 4.78 is 31.3. The van der Waals surface area contributed by atoms with E-state index in [2.05, 4.69) is 0 Å². The summed E-state index contributed by atoms with van der Waals surface area (Å²) in [6.07, 6.45) is 1.13. The summed E-state index contributed by atoms with van der Waals surface area (Å²) in [6, 6.07) is 4.94. The summed E-state index contributed by atoms with van der Waals surface area (Å²) in [7, 11) is -2.14. The lowest BCUT2D eigenvalue weighted by Gasteiger charge is -2.29. The molecule has 0 unspecified atom stereocenters. The van der Waals surface area contributed by atoms with Gasteiger partial charge in [0.2, 0.25) is 10.0 Å². The van der Waals surface area contributed by atoms with E-state index in [1.54, 1.807) is 23.1 Å². The van der Waals surface area contributed by atoms with E-state index in [1.165, 1.54) is 11.4 Å². The van der Waals surface area contributed by atoms with E-state index in [9.17, 15) is 13.2 Å². The van der Waals surface area contributed by atoms with E-state index < -0.39 is 16.1 Å². The smallest absolute Gasteiger partial charge is 0.414 e. The van der Waals surface area contributed by atoms with Crippen LogP contribution in [0, 0.1) is 0 Å². The molecular formula is C15H22N2O4S. The van der Waals surface area contributed by atoms with Gasteiger partial charge in [-0.25, -0.2) is 13.2 Å². The predicted octanol–water partition coefficient (Wildman–Crippen LogP) is 2.24. The van der Waals surface area contributed by atoms with Crippen LogP contribution in [0.25, 0.3) is 0 Å². The van der Waals surface area contributed by atoms with Crippen LogP contribution in [-0.2, 0) is 21.2 Å². The fraction of sp³-hybridized carbons (Fsp3) is 0.533. The van der Waals surface area contributed by atoms with Crippen LogP contribution in [0.5, 0.6) is 0 Å². The molecule has 0 radical (unpaired) electrons. The molecule has 0 aliphatic carbocycles. The van der Waals surface area contributed by atoms with Crippen LogP contribution in [0.4, 0.5) is 10.5 Å². The second-order valence-electron chi connectivity index (χ2n) is 5.11. The zero-order valence-corrected chi connectivity index (χ0v) is 14.0. The number of methoxy groups -OCH3 is 1. The van der Waals surface area contributed by atoms with E-state index in [4.69, 9.17) is 4.74 Å². The molecule has 7 heteroatoms. The number of fused-ring (bicyclic) bond motifs is 1. The highest BCUT2D eigenvalue weighted by atomic mass is 32.2. The SMILES string of the molecule is CCN(CC)S(=O)(=O)c1ccc2c(c1)CCCN2C(=O)OC. The third-order valence-electron chi connectivity index (χ3n) is 3.91. The molecule has 0 aromatic heterocycles. The van der Waals surface area contributed by atoms with Crippen molar-refractivity contribution in [1.29, 1.82) is 0 Å². The molecule has 0 spiro atoms. The van der Waals surface area contributed by atoms with Crippen LogP contribution in [-0.4, -0.2) is 45.6 Å². The van der Waals surface area contributed by atoms with Crippen LogP contribution in [0.15, 0.2) is 23.1 Å². The Balaban J connectivity index is 2.42. The largest absolute Gasteiger partial charge is 0.452 e. The number of amides is 1. The van der Waals surface area contributed by atoms with Crippen LogP contribution < -0.4 is 4.90 Å². The molecule has 2 rings (SSSR count). The molecule has 1 aromatic carbocycles. The Hall–Kier alpha value is -1.60. The minimum absolute atomic E-state index is 0.279. The first kappa shape index (κ1) is 16.8. The van der Waals surface area contributed by atoms with Gasteiger partial charge in [-0.3, -0.25) is 4.90 Å². The average molecular weight is 326 g/mol. The highest BCUT2D eigenvalue weighted by Crippen LogP contribution is 2.30. The van der Waals surface area contributed by atoms with Crippen molar-refractivity contribution in [2.24, 2.45) is 0 Å². The molecule has 0 saturated heterocycles. The summed E-state index contributed by atoms with van der Waals surface area (Å²) in [5, 5.41) is 0. The lowest BCUT2D eigenvalue weighted by Crippen LogP contribution is -2.35. The number of benzene rings is 1. The number of anilines is 1. The maximum atomic E-state index is 12.6. The van der Waals surface area contributed by atoms with Gasteiger partial charge in [0.05, 0.1) is 17.7 Å². The van der Waals surface area contributed by atoms with Crippen molar-refractivity contribution >= 4 is 21.8 Å². The van der Waals surface area contributed by atoms with Crippen molar-refractivity contribution in [2.75, 3.05) is 31.6 Å². The minimum atomic E-state index is -3.48. The number of sulfonamides is 1. The Morgan fingerprint density at radius 1 is 1.32 bits per heavy atom. The van der Waals surface area contributed by atoms with Crippen molar-refractivity contribution < 1.29 is 17.9 Å². The summed E-state index contributed by atoms with van der Waals surface area (Å²) in [6.45, 7) is 5.09. The van der Waals surface area contributed by atoms with E-state index >= 15 is 0 Å². The molecule has 1 aliphatic rings. The molecule has 0 bridgehead atoms. The number of hydrogen-bond donors (Lipinski definition) is 0. The number of nitrogens with zero attached hydrogens (tertiary/aromatic N) is 2. The Kier molecular flexibility index (Phi) is 5.08. The second-order valence-corrected chi connectivity index (χ2v) is 7.04. The Morgan fingerprint density at radius 3 is 2.59 bits per heavy atom. The minimum Gasteiger partial charge on any atom is -0.452 e. The fourth-order valence-corrected chi connectivity index (χ4v) is 4.26. The van der Waals surface area contributed by atoms with Crippen molar-refractivity contribution in [3.63, 3.8) is 0 Å². The topological polar surface area (TPSA) is 66.9 Å². The molecule has 1 aromatic rings. The molecule has 22 heavy (non-hydrogen) atoms. The first-order valence-corrected chi connectivity index (χ1v) is 8.88. The highest BCUT2D eigenvalue weighted by Gasteiger charge is 2.27. The molecule has 0 fully saturated rings. The maximum Gasteiger partial charge on any atom is 0.414 e. The summed E-state index contributed by atoms with van der Waals surface area (Å²) in [4.78, 5) is 13.6. The van der Waals surface area contributed by atoms with E-state index in [0.29, 0.717) is 19.6 Å². The summed E-state index contributed by atoms with van der Waals surface area (Å²) in [5.74, 6) is 0. The van der Waals surface area contributed by atoms with Crippen LogP contribution in [0.3, 0.4) is 0 Å². The third-order valence-corrected chi connectivity index (χ3v) is 5.95. The van der Waals surface area contributed by atoms with Gasteiger partial charge >= 0.3 is 6.09 Å². The molecule has 6 nitrogen and oxygen atoms in total. The lowest BCUT2D eigenvalue weighted by atomic mass is 10.0. The fourth-order valence-electron chi connectivity index (χ4n) is 2.75.